The van der Waals surface area contributed by atoms with Crippen LogP contribution in [0, 0.1) is 9.49 Å². The number of halogens is 2. The van der Waals surface area contributed by atoms with Gasteiger partial charge in [0.15, 0.2) is 5.82 Å². The van der Waals surface area contributed by atoms with E-state index in [9.17, 15) is 0 Å². The molecule has 0 spiro atoms. The van der Waals surface area contributed by atoms with E-state index >= 15 is 0 Å². The van der Waals surface area contributed by atoms with Crippen LogP contribution in [0.5, 0.6) is 0 Å². The lowest BCUT2D eigenvalue weighted by atomic mass is 9.79. The van der Waals surface area contributed by atoms with Crippen LogP contribution in [-0.4, -0.2) is 17.1 Å². The third kappa shape index (κ3) is 2.71. The molecule has 3 nitrogen and oxygen atoms in total. The standard InChI is InChI=1S/C15H20ClIN2O/c1-9-5-7-15(20-2,8-6-9)14-18-12(10-3-4-10)11(17)13(16)19-14/h9-10H,3-8H2,1-2H3. The lowest BCUT2D eigenvalue weighted by Gasteiger charge is -2.37. The van der Waals surface area contributed by atoms with Crippen molar-refractivity contribution in [3.05, 3.63) is 20.2 Å². The highest BCUT2D eigenvalue weighted by atomic mass is 127. The van der Waals surface area contributed by atoms with Crippen molar-refractivity contribution in [1.82, 2.24) is 9.97 Å². The molecule has 3 rings (SSSR count). The van der Waals surface area contributed by atoms with Gasteiger partial charge < -0.3 is 4.74 Å². The van der Waals surface area contributed by atoms with E-state index in [2.05, 4.69) is 34.5 Å². The Morgan fingerprint density at radius 1 is 1.20 bits per heavy atom. The predicted octanol–water partition coefficient (Wildman–Crippen LogP) is 4.66. The minimum absolute atomic E-state index is 0.329. The summed E-state index contributed by atoms with van der Waals surface area (Å²) < 4.78 is 6.90. The van der Waals surface area contributed by atoms with Crippen LogP contribution in [0.15, 0.2) is 0 Å². The van der Waals surface area contributed by atoms with Crippen molar-refractivity contribution < 1.29 is 4.74 Å². The number of methoxy groups -OCH3 is 1. The van der Waals surface area contributed by atoms with Gasteiger partial charge in [0.1, 0.15) is 10.8 Å². The summed E-state index contributed by atoms with van der Waals surface area (Å²) in [6.45, 7) is 2.30. The van der Waals surface area contributed by atoms with Gasteiger partial charge in [-0.15, -0.1) is 0 Å². The fraction of sp³-hybridized carbons (Fsp3) is 0.733. The molecule has 0 bridgehead atoms. The first-order chi connectivity index (χ1) is 9.55. The summed E-state index contributed by atoms with van der Waals surface area (Å²) in [5, 5.41) is 0.590. The number of aromatic nitrogens is 2. The molecule has 1 aromatic rings. The third-order valence-corrected chi connectivity index (χ3v) is 6.34. The zero-order chi connectivity index (χ0) is 14.3. The molecule has 0 radical (unpaired) electrons. The lowest BCUT2D eigenvalue weighted by molar-refractivity contribution is -0.0599. The van der Waals surface area contributed by atoms with E-state index in [0.29, 0.717) is 11.1 Å². The molecule has 0 N–H and O–H groups in total. The molecule has 2 aliphatic rings. The maximum atomic E-state index is 6.34. The van der Waals surface area contributed by atoms with Gasteiger partial charge in [-0.1, -0.05) is 18.5 Å². The van der Waals surface area contributed by atoms with Crippen LogP contribution < -0.4 is 0 Å². The molecule has 0 amide bonds. The minimum Gasteiger partial charge on any atom is -0.370 e. The highest BCUT2D eigenvalue weighted by Gasteiger charge is 2.40. The maximum Gasteiger partial charge on any atom is 0.162 e. The Kier molecular flexibility index (Phi) is 4.26. The third-order valence-electron chi connectivity index (χ3n) is 4.68. The number of ether oxygens (including phenoxy) is 1. The maximum absolute atomic E-state index is 6.34. The van der Waals surface area contributed by atoms with Crippen LogP contribution in [0.1, 0.15) is 62.9 Å². The Morgan fingerprint density at radius 3 is 2.40 bits per heavy atom. The molecule has 2 aliphatic carbocycles. The first kappa shape index (κ1) is 15.0. The first-order valence-electron chi connectivity index (χ1n) is 7.34. The van der Waals surface area contributed by atoms with E-state index in [4.69, 9.17) is 21.3 Å². The molecule has 0 atom stereocenters. The second-order valence-electron chi connectivity index (χ2n) is 6.19. The van der Waals surface area contributed by atoms with Gasteiger partial charge in [0.2, 0.25) is 0 Å². The van der Waals surface area contributed by atoms with Crippen LogP contribution in [-0.2, 0) is 10.3 Å². The molecule has 1 heterocycles. The van der Waals surface area contributed by atoms with Crippen molar-refractivity contribution in [1.29, 1.82) is 0 Å². The molecule has 0 aromatic carbocycles. The monoisotopic (exact) mass is 406 g/mol. The molecule has 5 heteroatoms. The second-order valence-corrected chi connectivity index (χ2v) is 7.63. The molecule has 0 unspecified atom stereocenters. The molecule has 0 saturated heterocycles. The largest absolute Gasteiger partial charge is 0.370 e. The van der Waals surface area contributed by atoms with Crippen LogP contribution in [0.2, 0.25) is 5.15 Å². The number of hydrogen-bond acceptors (Lipinski definition) is 3. The Balaban J connectivity index is 1.99. The van der Waals surface area contributed by atoms with Gasteiger partial charge in [-0.2, -0.15) is 0 Å². The van der Waals surface area contributed by atoms with Crippen LogP contribution in [0.4, 0.5) is 0 Å². The highest BCUT2D eigenvalue weighted by molar-refractivity contribution is 14.1. The van der Waals surface area contributed by atoms with E-state index in [1.54, 1.807) is 7.11 Å². The van der Waals surface area contributed by atoms with Crippen molar-refractivity contribution >= 4 is 34.2 Å². The number of nitrogens with zero attached hydrogens (tertiary/aromatic N) is 2. The fourth-order valence-electron chi connectivity index (χ4n) is 3.01. The Labute approximate surface area is 139 Å². The lowest BCUT2D eigenvalue weighted by Crippen LogP contribution is -2.35. The van der Waals surface area contributed by atoms with Crippen molar-refractivity contribution in [2.75, 3.05) is 7.11 Å². The van der Waals surface area contributed by atoms with E-state index in [1.807, 2.05) is 0 Å². The van der Waals surface area contributed by atoms with Crippen LogP contribution in [0.25, 0.3) is 0 Å². The zero-order valence-corrected chi connectivity index (χ0v) is 14.9. The van der Waals surface area contributed by atoms with Crippen molar-refractivity contribution in [2.24, 2.45) is 5.92 Å². The average molecular weight is 407 g/mol. The SMILES string of the molecule is COC1(c2nc(Cl)c(I)c(C3CC3)n2)CCC(C)CC1. The summed E-state index contributed by atoms with van der Waals surface area (Å²) in [4.78, 5) is 9.42. The second kappa shape index (κ2) is 5.69. The van der Waals surface area contributed by atoms with Gasteiger partial charge in [-0.25, -0.2) is 9.97 Å². The molecule has 0 aliphatic heterocycles. The van der Waals surface area contributed by atoms with Gasteiger partial charge in [-0.3, -0.25) is 0 Å². The Morgan fingerprint density at radius 2 is 1.85 bits per heavy atom. The highest BCUT2D eigenvalue weighted by Crippen LogP contribution is 2.45. The van der Waals surface area contributed by atoms with E-state index in [1.165, 1.54) is 25.7 Å². The molecule has 1 aromatic heterocycles. The smallest absolute Gasteiger partial charge is 0.162 e. The van der Waals surface area contributed by atoms with Crippen molar-refractivity contribution in [3.8, 4) is 0 Å². The summed E-state index contributed by atoms with van der Waals surface area (Å²) in [7, 11) is 1.78. The van der Waals surface area contributed by atoms with Gasteiger partial charge in [-0.05, 0) is 67.0 Å². The van der Waals surface area contributed by atoms with Crippen molar-refractivity contribution in [2.45, 2.75) is 57.0 Å². The molecule has 20 heavy (non-hydrogen) atoms. The summed E-state index contributed by atoms with van der Waals surface area (Å²) in [6.07, 6.45) is 6.76. The topological polar surface area (TPSA) is 35.0 Å². The van der Waals surface area contributed by atoms with Gasteiger partial charge in [0, 0.05) is 13.0 Å². The predicted molar refractivity (Wildman–Crippen MR) is 88.1 cm³/mol. The summed E-state index contributed by atoms with van der Waals surface area (Å²) in [6, 6.07) is 0. The van der Waals surface area contributed by atoms with Gasteiger partial charge >= 0.3 is 0 Å². The number of hydrogen-bond donors (Lipinski definition) is 0. The quantitative estimate of drug-likeness (QED) is 0.541. The molecule has 2 fully saturated rings. The normalized spacial score (nSPS) is 30.5. The van der Waals surface area contributed by atoms with Gasteiger partial charge in [0.25, 0.3) is 0 Å². The van der Waals surface area contributed by atoms with Crippen molar-refractivity contribution in [3.63, 3.8) is 0 Å². The summed E-state index contributed by atoms with van der Waals surface area (Å²) in [5.74, 6) is 2.15. The number of rotatable bonds is 3. The summed E-state index contributed by atoms with van der Waals surface area (Å²) in [5.41, 5.74) is 0.806. The van der Waals surface area contributed by atoms with E-state index < -0.39 is 0 Å². The average Bonchev–Trinajstić information content (AvgIpc) is 3.27. The fourth-order valence-corrected chi connectivity index (χ4v) is 3.87. The van der Waals surface area contributed by atoms with Crippen LogP contribution >= 0.6 is 34.2 Å². The molecule has 110 valence electrons. The molecular weight excluding hydrogens is 387 g/mol. The van der Waals surface area contributed by atoms with E-state index in [-0.39, 0.29) is 5.60 Å². The summed E-state index contributed by atoms with van der Waals surface area (Å²) >= 11 is 8.61. The van der Waals surface area contributed by atoms with Gasteiger partial charge in [0.05, 0.1) is 9.26 Å². The van der Waals surface area contributed by atoms with E-state index in [0.717, 1.165) is 33.8 Å². The molecule has 2 saturated carbocycles. The first-order valence-corrected chi connectivity index (χ1v) is 8.80. The zero-order valence-electron chi connectivity index (χ0n) is 12.0. The Bertz CT molecular complexity index is 511. The molecular formula is C15H20ClIN2O. The Hall–Kier alpha value is 0.0600. The minimum atomic E-state index is -0.329. The van der Waals surface area contributed by atoms with Crippen LogP contribution in [0.3, 0.4) is 0 Å².